The first-order chi connectivity index (χ1) is 28.4. The van der Waals surface area contributed by atoms with E-state index in [0.717, 1.165) is 45.0 Å². The predicted octanol–water partition coefficient (Wildman–Crippen LogP) is 7.72. The Kier molecular flexibility index (Phi) is 15.0. The minimum Gasteiger partial charge on any atom is -0.492 e. The third-order valence-corrected chi connectivity index (χ3v) is 9.96. The van der Waals surface area contributed by atoms with E-state index >= 15 is 0 Å². The highest BCUT2D eigenvalue weighted by molar-refractivity contribution is 7.92. The molecule has 0 aliphatic rings. The largest absolute Gasteiger partial charge is 0.492 e. The normalized spacial score (nSPS) is 11.6. The summed E-state index contributed by atoms with van der Waals surface area (Å²) in [6.07, 6.45) is 2.78. The van der Waals surface area contributed by atoms with Crippen LogP contribution >= 0.6 is 0 Å². The second kappa shape index (κ2) is 19.9. The first-order valence-corrected chi connectivity index (χ1v) is 21.2. The quantitative estimate of drug-likeness (QED) is 0.0599. The molecule has 0 saturated carbocycles. The van der Waals surface area contributed by atoms with Gasteiger partial charge in [-0.25, -0.2) is 18.4 Å². The lowest BCUT2D eigenvalue weighted by molar-refractivity contribution is 0.0255. The van der Waals surface area contributed by atoms with Crippen LogP contribution in [-0.2, 0) is 29.6 Å². The molecule has 0 bridgehead atoms. The number of sulfonamides is 1. The van der Waals surface area contributed by atoms with Gasteiger partial charge in [-0.2, -0.15) is 0 Å². The van der Waals surface area contributed by atoms with Crippen molar-refractivity contribution in [3.8, 4) is 16.9 Å². The van der Waals surface area contributed by atoms with Crippen molar-refractivity contribution in [2.75, 3.05) is 75.4 Å². The highest BCUT2D eigenvalue weighted by Crippen LogP contribution is 2.39. The molecule has 318 valence electrons. The molecule has 14 nitrogen and oxygen atoms in total. The maximum Gasteiger partial charge on any atom is 0.255 e. The van der Waals surface area contributed by atoms with E-state index in [1.165, 1.54) is 7.11 Å². The van der Waals surface area contributed by atoms with Crippen molar-refractivity contribution in [1.29, 1.82) is 0 Å². The lowest BCUT2D eigenvalue weighted by atomic mass is 9.86. The van der Waals surface area contributed by atoms with Gasteiger partial charge in [0, 0.05) is 42.1 Å². The topological polar surface area (TPSA) is 179 Å². The molecule has 0 aliphatic heterocycles. The lowest BCUT2D eigenvalue weighted by Crippen LogP contribution is -2.27. The molecule has 0 fully saturated rings. The number of nitrogens with one attached hydrogen (secondary N) is 4. The zero-order valence-electron chi connectivity index (χ0n) is 35.4. The molecule has 5 rings (SSSR count). The maximum atomic E-state index is 13.8. The number of rotatable bonds is 19. The Hall–Kier alpha value is -5.87. The number of nitrogens with zero attached hydrogens (tertiary/aromatic N) is 2. The van der Waals surface area contributed by atoms with Gasteiger partial charge in [0.25, 0.3) is 11.8 Å². The zero-order valence-corrected chi connectivity index (χ0v) is 36.3. The van der Waals surface area contributed by atoms with E-state index < -0.39 is 15.9 Å². The van der Waals surface area contributed by atoms with Gasteiger partial charge in [-0.15, -0.1) is 0 Å². The fraction of sp³-hybridized carbons (Fsp3) is 0.333. The molecule has 2 amide bonds. The summed E-state index contributed by atoms with van der Waals surface area (Å²) in [5.74, 6) is -0.111. The van der Waals surface area contributed by atoms with Crippen LogP contribution in [-0.4, -0.2) is 90.3 Å². The molecule has 15 heteroatoms. The van der Waals surface area contributed by atoms with Gasteiger partial charge in [-0.3, -0.25) is 14.3 Å². The Morgan fingerprint density at radius 1 is 0.817 bits per heavy atom. The van der Waals surface area contributed by atoms with Gasteiger partial charge in [0.15, 0.2) is 5.75 Å². The highest BCUT2D eigenvalue weighted by atomic mass is 32.2. The number of carbonyl (C=O) groups excluding carboxylic acids is 2. The van der Waals surface area contributed by atoms with Crippen molar-refractivity contribution in [1.82, 2.24) is 15.3 Å². The number of fused-ring (bicyclic) bond motifs is 1. The van der Waals surface area contributed by atoms with Gasteiger partial charge in [0.1, 0.15) is 0 Å². The number of aryl methyl sites for hydroxylation is 1. The van der Waals surface area contributed by atoms with E-state index in [4.69, 9.17) is 23.9 Å². The molecule has 0 saturated heterocycles. The number of aromatic nitrogens is 2. The number of anilines is 4. The van der Waals surface area contributed by atoms with Crippen LogP contribution < -0.4 is 25.4 Å². The van der Waals surface area contributed by atoms with Crippen molar-refractivity contribution >= 4 is 61.3 Å². The summed E-state index contributed by atoms with van der Waals surface area (Å²) >= 11 is 0. The van der Waals surface area contributed by atoms with Crippen molar-refractivity contribution < 1.29 is 37.0 Å². The number of allylic oxidation sites excluding steroid dienone is 1. The Labute approximate surface area is 352 Å². The molecule has 1 aromatic heterocycles. The molecule has 4 N–H and O–H groups in total. The van der Waals surface area contributed by atoms with Crippen LogP contribution in [0.5, 0.6) is 5.75 Å². The average molecular weight is 839 g/mol. The van der Waals surface area contributed by atoms with Gasteiger partial charge in [0.2, 0.25) is 16.0 Å². The third-order valence-electron chi connectivity index (χ3n) is 9.37. The Morgan fingerprint density at radius 2 is 1.52 bits per heavy atom. The van der Waals surface area contributed by atoms with Gasteiger partial charge < -0.3 is 34.9 Å². The summed E-state index contributed by atoms with van der Waals surface area (Å²) in [6.45, 7) is 16.4. The summed E-state index contributed by atoms with van der Waals surface area (Å²) in [6, 6.07) is 20.1. The second-order valence-electron chi connectivity index (χ2n) is 15.4. The van der Waals surface area contributed by atoms with Gasteiger partial charge in [-0.05, 0) is 102 Å². The molecule has 1 heterocycles. The molecule has 4 aromatic carbocycles. The maximum absolute atomic E-state index is 13.8. The van der Waals surface area contributed by atoms with E-state index in [1.807, 2.05) is 71.0 Å². The van der Waals surface area contributed by atoms with Gasteiger partial charge in [-0.1, -0.05) is 45.1 Å². The smallest absolute Gasteiger partial charge is 0.255 e. The lowest BCUT2D eigenvalue weighted by Gasteiger charge is -2.24. The summed E-state index contributed by atoms with van der Waals surface area (Å²) in [5.41, 5.74) is 7.37. The molecule has 0 spiro atoms. The Bertz CT molecular complexity index is 2480. The van der Waals surface area contributed by atoms with Crippen molar-refractivity contribution in [3.05, 3.63) is 107 Å². The van der Waals surface area contributed by atoms with Crippen molar-refractivity contribution in [2.45, 2.75) is 40.0 Å². The molecule has 0 unspecified atom stereocenters. The van der Waals surface area contributed by atoms with Gasteiger partial charge >= 0.3 is 0 Å². The predicted molar refractivity (Wildman–Crippen MR) is 238 cm³/mol. The van der Waals surface area contributed by atoms with E-state index in [1.54, 1.807) is 43.6 Å². The zero-order chi connectivity index (χ0) is 43.6. The van der Waals surface area contributed by atoms with E-state index in [-0.39, 0.29) is 22.8 Å². The van der Waals surface area contributed by atoms with Crippen LogP contribution in [0.3, 0.4) is 0 Å². The third kappa shape index (κ3) is 12.3. The van der Waals surface area contributed by atoms with Crippen LogP contribution in [0.1, 0.15) is 65.1 Å². The summed E-state index contributed by atoms with van der Waals surface area (Å²) < 4.78 is 48.4. The van der Waals surface area contributed by atoms with Gasteiger partial charge in [0.05, 0.1) is 63.3 Å². The average Bonchev–Trinajstić information content (AvgIpc) is 3.19. The first kappa shape index (κ1) is 45.2. The minimum atomic E-state index is -3.64. The van der Waals surface area contributed by atoms with Crippen molar-refractivity contribution in [3.63, 3.8) is 0 Å². The van der Waals surface area contributed by atoms with E-state index in [0.29, 0.717) is 73.5 Å². The van der Waals surface area contributed by atoms with Crippen LogP contribution in [0.15, 0.2) is 79.5 Å². The van der Waals surface area contributed by atoms with E-state index in [9.17, 15) is 18.0 Å². The number of ether oxygens (including phenoxy) is 4. The molecule has 0 radical (unpaired) electrons. The SMILES string of the molecule is C=C(C)c1cc(Nc2ncc3cc(-c4cc(C(=O)Nc5cc(C(C)(C)C)cc(NS(C)(=O)=O)c5OC)ccc4C)ccc3n2)cc(C(=O)NCCOCCOCCOC)c1. The van der Waals surface area contributed by atoms with Crippen LogP contribution in [0.2, 0.25) is 0 Å². The number of hydrogen-bond acceptors (Lipinski definition) is 11. The Balaban J connectivity index is 1.32. The summed E-state index contributed by atoms with van der Waals surface area (Å²) in [5, 5.41) is 9.86. The molecule has 0 atom stereocenters. The number of methoxy groups -OCH3 is 2. The molecule has 0 aliphatic carbocycles. The number of amides is 2. The number of carbonyl (C=O) groups is 2. The fourth-order valence-corrected chi connectivity index (χ4v) is 6.74. The first-order valence-electron chi connectivity index (χ1n) is 19.4. The van der Waals surface area contributed by atoms with Crippen LogP contribution in [0.25, 0.3) is 27.6 Å². The van der Waals surface area contributed by atoms with Crippen LogP contribution in [0, 0.1) is 6.92 Å². The number of benzene rings is 4. The molecular weight excluding hydrogens is 785 g/mol. The monoisotopic (exact) mass is 838 g/mol. The Morgan fingerprint density at radius 3 is 2.20 bits per heavy atom. The second-order valence-corrected chi connectivity index (χ2v) is 17.1. The van der Waals surface area contributed by atoms with Crippen LogP contribution in [0.4, 0.5) is 23.0 Å². The minimum absolute atomic E-state index is 0.195. The van der Waals surface area contributed by atoms with Crippen molar-refractivity contribution in [2.24, 2.45) is 0 Å². The standard InChI is InChI=1S/C45H54N6O8S/c1-28(2)32-21-33(42(52)46-14-15-58-18-19-59-17-16-56-7)23-36(22-32)48-44-47-27-34-20-30(12-13-38(34)50-44)37-24-31(11-10-29(37)3)43(53)49-39-25-35(45(4,5)6)26-40(41(39)57-8)51-60(9,54)55/h10-13,20-27,51H,1,14-19H2,2-9H3,(H,46,52)(H,49,53)(H,47,48,50). The molecule has 60 heavy (non-hydrogen) atoms. The molecule has 5 aromatic rings. The fourth-order valence-electron chi connectivity index (χ4n) is 6.19. The van der Waals surface area contributed by atoms with E-state index in [2.05, 4.69) is 32.2 Å². The summed E-state index contributed by atoms with van der Waals surface area (Å²) in [7, 11) is -0.600. The summed E-state index contributed by atoms with van der Waals surface area (Å²) in [4.78, 5) is 36.2. The highest BCUT2D eigenvalue weighted by Gasteiger charge is 2.23. The number of hydrogen-bond donors (Lipinski definition) is 4. The molecular formula is C45H54N6O8S.